The minimum absolute atomic E-state index is 0.306. The van der Waals surface area contributed by atoms with Crippen LogP contribution in [0.2, 0.25) is 0 Å². The summed E-state index contributed by atoms with van der Waals surface area (Å²) in [4.78, 5) is 5.28. The number of fused-ring (bicyclic) bond motifs is 10. The second kappa shape index (κ2) is 11.6. The molecule has 0 saturated heterocycles. The molecule has 0 spiro atoms. The SMILES string of the molecule is c1ccc(C2=c3ccccc3=NC(c3cccc4oc5c(-n6c7ccccc7c7cc8c9ccccc9n(-c9ccccc9)c8cc76)cccc5c34)N2)cc1. The fraction of sp³-hybridized carbons (Fsp3) is 0.0200. The number of hydrogen-bond acceptors (Lipinski definition) is 3. The highest BCUT2D eigenvalue weighted by atomic mass is 16.3. The van der Waals surface area contributed by atoms with E-state index in [4.69, 9.17) is 9.41 Å². The number of hydrogen-bond donors (Lipinski definition) is 1. The first-order valence-corrected chi connectivity index (χ1v) is 18.8. The normalized spacial score (nSPS) is 14.3. The zero-order valence-electron chi connectivity index (χ0n) is 29.6. The van der Waals surface area contributed by atoms with Crippen LogP contribution >= 0.6 is 0 Å². The third kappa shape index (κ3) is 4.38. The molecule has 12 rings (SSSR count). The minimum Gasteiger partial charge on any atom is -0.454 e. The summed E-state index contributed by atoms with van der Waals surface area (Å²) in [5, 5.41) is 12.9. The van der Waals surface area contributed by atoms with Gasteiger partial charge < -0.3 is 18.9 Å². The molecule has 8 aromatic carbocycles. The van der Waals surface area contributed by atoms with E-state index in [1.807, 2.05) is 0 Å². The molecule has 1 atom stereocenters. The zero-order chi connectivity index (χ0) is 36.0. The smallest absolute Gasteiger partial charge is 0.159 e. The minimum atomic E-state index is -0.306. The van der Waals surface area contributed by atoms with Crippen molar-refractivity contribution in [3.8, 4) is 11.4 Å². The Labute approximate surface area is 315 Å². The van der Waals surface area contributed by atoms with Crippen LogP contribution in [-0.2, 0) is 0 Å². The van der Waals surface area contributed by atoms with E-state index in [0.717, 1.165) is 71.7 Å². The van der Waals surface area contributed by atoms with Gasteiger partial charge >= 0.3 is 0 Å². The molecule has 1 aliphatic heterocycles. The molecule has 1 aliphatic rings. The lowest BCUT2D eigenvalue weighted by molar-refractivity contribution is 0.636. The van der Waals surface area contributed by atoms with Crippen LogP contribution in [0.15, 0.2) is 191 Å². The molecule has 5 nitrogen and oxygen atoms in total. The number of furan rings is 1. The summed E-state index contributed by atoms with van der Waals surface area (Å²) in [7, 11) is 0. The van der Waals surface area contributed by atoms with E-state index >= 15 is 0 Å². The average Bonchev–Trinajstić information content (AvgIpc) is 3.90. The van der Waals surface area contributed by atoms with Gasteiger partial charge in [-0.3, -0.25) is 4.99 Å². The largest absolute Gasteiger partial charge is 0.454 e. The summed E-state index contributed by atoms with van der Waals surface area (Å²) in [5.41, 5.74) is 11.7. The van der Waals surface area contributed by atoms with Gasteiger partial charge in [-0.1, -0.05) is 127 Å². The Morgan fingerprint density at radius 2 is 1.13 bits per heavy atom. The van der Waals surface area contributed by atoms with Crippen molar-refractivity contribution >= 4 is 71.2 Å². The van der Waals surface area contributed by atoms with Crippen LogP contribution in [-0.4, -0.2) is 9.13 Å². The quantitative estimate of drug-likeness (QED) is 0.198. The van der Waals surface area contributed by atoms with Crippen LogP contribution in [0.5, 0.6) is 0 Å². The van der Waals surface area contributed by atoms with Crippen molar-refractivity contribution in [2.45, 2.75) is 6.17 Å². The van der Waals surface area contributed by atoms with Gasteiger partial charge in [0.25, 0.3) is 0 Å². The Balaban J connectivity index is 1.12. The molecule has 5 heteroatoms. The maximum Gasteiger partial charge on any atom is 0.159 e. The molecule has 0 radical (unpaired) electrons. The molecule has 0 saturated carbocycles. The molecule has 0 aliphatic carbocycles. The van der Waals surface area contributed by atoms with Crippen LogP contribution in [0.4, 0.5) is 0 Å². The van der Waals surface area contributed by atoms with E-state index in [0.29, 0.717) is 0 Å². The van der Waals surface area contributed by atoms with E-state index in [1.54, 1.807) is 0 Å². The summed E-state index contributed by atoms with van der Waals surface area (Å²) in [6, 6.07) is 64.7. The van der Waals surface area contributed by atoms with Crippen LogP contribution in [0.25, 0.3) is 82.6 Å². The molecular weight excluding hydrogens is 673 g/mol. The van der Waals surface area contributed by atoms with E-state index in [1.165, 1.54) is 32.6 Å². The van der Waals surface area contributed by atoms with E-state index < -0.39 is 0 Å². The molecule has 55 heavy (non-hydrogen) atoms. The predicted octanol–water partition coefficient (Wildman–Crippen LogP) is 10.9. The van der Waals surface area contributed by atoms with Crippen LogP contribution in [0, 0.1) is 0 Å². The van der Waals surface area contributed by atoms with Gasteiger partial charge in [0.05, 0.1) is 38.8 Å². The van der Waals surface area contributed by atoms with Crippen molar-refractivity contribution < 1.29 is 4.42 Å². The fourth-order valence-electron chi connectivity index (χ4n) is 8.98. The van der Waals surface area contributed by atoms with E-state index in [2.05, 4.69) is 196 Å². The summed E-state index contributed by atoms with van der Waals surface area (Å²) >= 11 is 0. The van der Waals surface area contributed by atoms with Crippen LogP contribution < -0.4 is 15.9 Å². The molecule has 0 fully saturated rings. The highest BCUT2D eigenvalue weighted by molar-refractivity contribution is 6.20. The summed E-state index contributed by atoms with van der Waals surface area (Å²) in [6.07, 6.45) is -0.306. The zero-order valence-corrected chi connectivity index (χ0v) is 29.6. The number of para-hydroxylation sites is 5. The summed E-state index contributed by atoms with van der Waals surface area (Å²) in [6.45, 7) is 0. The highest BCUT2D eigenvalue weighted by Crippen LogP contribution is 2.43. The summed E-state index contributed by atoms with van der Waals surface area (Å²) in [5.74, 6) is 0. The monoisotopic (exact) mass is 704 g/mol. The first-order valence-electron chi connectivity index (χ1n) is 18.8. The molecule has 0 bridgehead atoms. The Morgan fingerprint density at radius 1 is 0.491 bits per heavy atom. The molecule has 1 N–H and O–H groups in total. The maximum atomic E-state index is 6.94. The third-order valence-corrected chi connectivity index (χ3v) is 11.3. The van der Waals surface area contributed by atoms with Gasteiger partial charge in [-0.15, -0.1) is 0 Å². The lowest BCUT2D eigenvalue weighted by atomic mass is 10.0. The van der Waals surface area contributed by atoms with Gasteiger partial charge in [-0.2, -0.15) is 0 Å². The molecule has 3 aromatic heterocycles. The van der Waals surface area contributed by atoms with E-state index in [9.17, 15) is 0 Å². The molecule has 4 heterocycles. The number of nitrogens with zero attached hydrogens (tertiary/aromatic N) is 3. The Morgan fingerprint density at radius 3 is 1.93 bits per heavy atom. The van der Waals surface area contributed by atoms with Crippen molar-refractivity contribution in [3.63, 3.8) is 0 Å². The Kier molecular flexibility index (Phi) is 6.33. The topological polar surface area (TPSA) is 47.4 Å². The van der Waals surface area contributed by atoms with Crippen molar-refractivity contribution in [1.82, 2.24) is 14.5 Å². The lowest BCUT2D eigenvalue weighted by Gasteiger charge is -2.23. The van der Waals surface area contributed by atoms with Crippen LogP contribution in [0.3, 0.4) is 0 Å². The van der Waals surface area contributed by atoms with Crippen molar-refractivity contribution in [2.75, 3.05) is 0 Å². The van der Waals surface area contributed by atoms with Gasteiger partial charge in [-0.05, 0) is 60.2 Å². The maximum absolute atomic E-state index is 6.94. The second-order valence-electron chi connectivity index (χ2n) is 14.3. The number of benzene rings is 8. The van der Waals surface area contributed by atoms with Gasteiger partial charge in [-0.25, -0.2) is 0 Å². The average molecular weight is 705 g/mol. The van der Waals surface area contributed by atoms with Crippen molar-refractivity contribution in [2.24, 2.45) is 4.99 Å². The lowest BCUT2D eigenvalue weighted by Crippen LogP contribution is -2.39. The number of nitrogens with one attached hydrogen (secondary N) is 1. The highest BCUT2D eigenvalue weighted by Gasteiger charge is 2.25. The second-order valence-corrected chi connectivity index (χ2v) is 14.3. The molecule has 11 aromatic rings. The van der Waals surface area contributed by atoms with Gasteiger partial charge in [0.15, 0.2) is 5.58 Å². The Bertz CT molecular complexity index is 3460. The number of aromatic nitrogens is 2. The molecular formula is C50H32N4O. The molecule has 1 unspecified atom stereocenters. The van der Waals surface area contributed by atoms with Gasteiger partial charge in [0, 0.05) is 48.8 Å². The number of rotatable bonds is 4. The first-order chi connectivity index (χ1) is 27.3. The van der Waals surface area contributed by atoms with E-state index in [-0.39, 0.29) is 6.17 Å². The van der Waals surface area contributed by atoms with Gasteiger partial charge in [0.2, 0.25) is 0 Å². The summed E-state index contributed by atoms with van der Waals surface area (Å²) < 4.78 is 11.7. The standard InChI is InChI=1S/C50H32N4O/c1-3-15-31(16-4-1)48-35-21-7-10-24-40(35)51-50(52-48)37-23-14-28-46-47(37)36-22-13-27-43(49(36)55-46)54-42-26-12-9-20-34(42)39-29-38-33-19-8-11-25-41(33)53(44(38)30-45(39)54)32-17-5-2-6-18-32/h1-30,50,52H. The van der Waals surface area contributed by atoms with Crippen molar-refractivity contribution in [3.05, 3.63) is 204 Å². The molecule has 0 amide bonds. The third-order valence-electron chi connectivity index (χ3n) is 11.3. The van der Waals surface area contributed by atoms with Crippen molar-refractivity contribution in [1.29, 1.82) is 0 Å². The molecule has 258 valence electrons. The first kappa shape index (κ1) is 30.1. The van der Waals surface area contributed by atoms with Gasteiger partial charge in [0.1, 0.15) is 11.7 Å². The predicted molar refractivity (Wildman–Crippen MR) is 224 cm³/mol. The Hall–Kier alpha value is -7.37. The van der Waals surface area contributed by atoms with Crippen LogP contribution in [0.1, 0.15) is 17.3 Å². The fourth-order valence-corrected chi connectivity index (χ4v) is 8.98.